The maximum atomic E-state index is 12.6. The second-order valence-corrected chi connectivity index (χ2v) is 5.66. The van der Waals surface area contributed by atoms with Crippen molar-refractivity contribution in [1.82, 2.24) is 9.88 Å². The number of aliphatic hydroxyl groups is 1. The van der Waals surface area contributed by atoms with Crippen LogP contribution in [0.25, 0.3) is 0 Å². The van der Waals surface area contributed by atoms with Gasteiger partial charge >= 0.3 is 6.03 Å². The van der Waals surface area contributed by atoms with Crippen molar-refractivity contribution in [3.05, 3.63) is 35.7 Å². The maximum Gasteiger partial charge on any atom is 0.337 e. The van der Waals surface area contributed by atoms with Crippen molar-refractivity contribution in [1.29, 1.82) is 0 Å². The number of amides is 4. The van der Waals surface area contributed by atoms with Crippen molar-refractivity contribution >= 4 is 29.5 Å². The minimum Gasteiger partial charge on any atom is -0.508 e. The van der Waals surface area contributed by atoms with Crippen molar-refractivity contribution in [2.24, 2.45) is 0 Å². The number of hydrogen-bond donors (Lipinski definition) is 1. The van der Waals surface area contributed by atoms with Crippen LogP contribution in [-0.2, 0) is 9.59 Å². The van der Waals surface area contributed by atoms with Crippen molar-refractivity contribution < 1.29 is 24.2 Å². The lowest BCUT2D eigenvalue weighted by Gasteiger charge is -2.27. The molecule has 1 aromatic rings. The Labute approximate surface area is 147 Å². The molecule has 9 nitrogen and oxygen atoms in total. The zero-order valence-corrected chi connectivity index (χ0v) is 13.4. The summed E-state index contributed by atoms with van der Waals surface area (Å²) < 4.78 is 5.32. The summed E-state index contributed by atoms with van der Waals surface area (Å²) in [7, 11) is 0. The maximum absolute atomic E-state index is 12.6. The standard InChI is InChI=1S/C17H12N4O5/c1-2-6-20-14(23)9-26-12-3-4-13(18-15(12)20)21-16(24)11-8-10(22)5-7-19(11)17(21)25/h1,3-5,8,22H,6-7,9H2. The van der Waals surface area contributed by atoms with Gasteiger partial charge in [0, 0.05) is 12.6 Å². The van der Waals surface area contributed by atoms with Gasteiger partial charge in [0.05, 0.1) is 6.54 Å². The second kappa shape index (κ2) is 5.63. The van der Waals surface area contributed by atoms with Gasteiger partial charge in [0.2, 0.25) is 0 Å². The van der Waals surface area contributed by atoms with Gasteiger partial charge in [-0.3, -0.25) is 19.4 Å². The van der Waals surface area contributed by atoms with E-state index in [0.717, 1.165) is 4.90 Å². The van der Waals surface area contributed by atoms with Crippen molar-refractivity contribution in [2.75, 3.05) is 29.5 Å². The molecule has 3 aliphatic rings. The van der Waals surface area contributed by atoms with Gasteiger partial charge in [0.25, 0.3) is 11.8 Å². The number of allylic oxidation sites excluding steroid dienone is 1. The van der Waals surface area contributed by atoms with Crippen molar-refractivity contribution in [3.63, 3.8) is 0 Å². The Morgan fingerprint density at radius 1 is 1.31 bits per heavy atom. The Balaban J connectivity index is 1.75. The number of pyridine rings is 1. The molecule has 4 rings (SSSR count). The molecule has 4 heterocycles. The molecule has 1 fully saturated rings. The first-order valence-electron chi connectivity index (χ1n) is 7.65. The molecule has 4 amide bonds. The fourth-order valence-electron chi connectivity index (χ4n) is 2.89. The van der Waals surface area contributed by atoms with E-state index in [-0.39, 0.29) is 48.7 Å². The van der Waals surface area contributed by atoms with Crippen molar-refractivity contribution in [3.8, 4) is 18.1 Å². The molecule has 0 radical (unpaired) electrons. The van der Waals surface area contributed by atoms with Gasteiger partial charge in [-0.15, -0.1) is 6.42 Å². The first kappa shape index (κ1) is 15.7. The number of rotatable bonds is 2. The van der Waals surface area contributed by atoms with Crippen LogP contribution in [0.3, 0.4) is 0 Å². The lowest BCUT2D eigenvalue weighted by atomic mass is 10.2. The highest BCUT2D eigenvalue weighted by Gasteiger charge is 2.44. The Kier molecular flexibility index (Phi) is 3.40. The number of imide groups is 1. The summed E-state index contributed by atoms with van der Waals surface area (Å²) in [4.78, 5) is 44.8. The number of ether oxygens (including phenoxy) is 1. The second-order valence-electron chi connectivity index (χ2n) is 5.66. The van der Waals surface area contributed by atoms with Crippen LogP contribution in [0, 0.1) is 12.3 Å². The fraction of sp³-hybridized carbons (Fsp3) is 0.176. The highest BCUT2D eigenvalue weighted by Crippen LogP contribution is 2.35. The quantitative estimate of drug-likeness (QED) is 0.616. The molecule has 1 saturated heterocycles. The number of carbonyl (C=O) groups excluding carboxylic acids is 3. The minimum atomic E-state index is -0.617. The van der Waals surface area contributed by atoms with Crippen LogP contribution >= 0.6 is 0 Å². The van der Waals surface area contributed by atoms with E-state index in [1.165, 1.54) is 34.1 Å². The van der Waals surface area contributed by atoms with Gasteiger partial charge in [-0.2, -0.15) is 0 Å². The van der Waals surface area contributed by atoms with Crippen molar-refractivity contribution in [2.45, 2.75) is 0 Å². The number of nitrogens with zero attached hydrogens (tertiary/aromatic N) is 4. The molecular weight excluding hydrogens is 340 g/mol. The summed E-state index contributed by atoms with van der Waals surface area (Å²) in [6.07, 6.45) is 7.94. The Bertz CT molecular complexity index is 958. The van der Waals surface area contributed by atoms with E-state index < -0.39 is 11.9 Å². The van der Waals surface area contributed by atoms with E-state index in [1.807, 2.05) is 0 Å². The molecule has 9 heteroatoms. The number of aromatic nitrogens is 1. The third-order valence-electron chi connectivity index (χ3n) is 4.11. The van der Waals surface area contributed by atoms with Crippen LogP contribution in [0.4, 0.5) is 16.4 Å². The number of hydrogen-bond acceptors (Lipinski definition) is 6. The molecule has 1 N–H and O–H groups in total. The van der Waals surface area contributed by atoms with E-state index in [4.69, 9.17) is 11.2 Å². The summed E-state index contributed by atoms with van der Waals surface area (Å²) in [6.45, 7) is -0.0972. The molecule has 130 valence electrons. The summed E-state index contributed by atoms with van der Waals surface area (Å²) in [5.41, 5.74) is 0.0577. The van der Waals surface area contributed by atoms with E-state index >= 15 is 0 Å². The molecule has 0 atom stereocenters. The normalized spacial score (nSPS) is 18.7. The van der Waals surface area contributed by atoms with Crippen LogP contribution in [-0.4, -0.2) is 52.5 Å². The summed E-state index contributed by atoms with van der Waals surface area (Å²) >= 11 is 0. The lowest BCUT2D eigenvalue weighted by Crippen LogP contribution is -2.40. The molecule has 0 unspecified atom stereocenters. The van der Waals surface area contributed by atoms with Crippen LogP contribution in [0.5, 0.6) is 5.75 Å². The first-order valence-corrected chi connectivity index (χ1v) is 7.65. The number of urea groups is 1. The molecule has 0 aromatic carbocycles. The average molecular weight is 352 g/mol. The third-order valence-corrected chi connectivity index (χ3v) is 4.11. The number of carbonyl (C=O) groups is 3. The Hall–Kier alpha value is -3.80. The molecule has 3 aliphatic heterocycles. The predicted octanol–water partition coefficient (Wildman–Crippen LogP) is 0.548. The van der Waals surface area contributed by atoms with Gasteiger partial charge in [0.15, 0.2) is 18.2 Å². The topological polar surface area (TPSA) is 103 Å². The van der Waals surface area contributed by atoms with E-state index in [1.54, 1.807) is 0 Å². The highest BCUT2D eigenvalue weighted by atomic mass is 16.5. The zero-order valence-electron chi connectivity index (χ0n) is 13.4. The van der Waals surface area contributed by atoms with Gasteiger partial charge < -0.3 is 9.84 Å². The molecule has 0 bridgehead atoms. The van der Waals surface area contributed by atoms with Crippen LogP contribution in [0.2, 0.25) is 0 Å². The van der Waals surface area contributed by atoms with Crippen LogP contribution < -0.4 is 14.5 Å². The highest BCUT2D eigenvalue weighted by molar-refractivity contribution is 6.26. The number of anilines is 2. The first-order chi connectivity index (χ1) is 12.5. The molecule has 26 heavy (non-hydrogen) atoms. The number of aliphatic hydroxyl groups excluding tert-OH is 1. The van der Waals surface area contributed by atoms with Crippen LogP contribution in [0.15, 0.2) is 35.7 Å². The molecule has 1 aromatic heterocycles. The molecule has 0 saturated carbocycles. The molecule has 0 aliphatic carbocycles. The molecule has 0 spiro atoms. The van der Waals surface area contributed by atoms with E-state index in [9.17, 15) is 19.5 Å². The van der Waals surface area contributed by atoms with E-state index in [2.05, 4.69) is 10.9 Å². The lowest BCUT2D eigenvalue weighted by molar-refractivity contribution is -0.121. The number of terminal acetylenes is 1. The monoisotopic (exact) mass is 352 g/mol. The van der Waals surface area contributed by atoms with Gasteiger partial charge in [-0.05, 0) is 18.2 Å². The van der Waals surface area contributed by atoms with Crippen LogP contribution in [0.1, 0.15) is 0 Å². The summed E-state index contributed by atoms with van der Waals surface area (Å²) in [5, 5.41) is 9.58. The van der Waals surface area contributed by atoms with E-state index in [0.29, 0.717) is 5.75 Å². The minimum absolute atomic E-state index is 0.0113. The zero-order chi connectivity index (χ0) is 18.4. The smallest absolute Gasteiger partial charge is 0.337 e. The average Bonchev–Trinajstić information content (AvgIpc) is 2.87. The fourth-order valence-corrected chi connectivity index (χ4v) is 2.89. The molecular formula is C17H12N4O5. The Morgan fingerprint density at radius 2 is 2.12 bits per heavy atom. The number of fused-ring (bicyclic) bond motifs is 2. The largest absolute Gasteiger partial charge is 0.508 e. The van der Waals surface area contributed by atoms with Gasteiger partial charge in [0.1, 0.15) is 17.3 Å². The summed E-state index contributed by atoms with van der Waals surface area (Å²) in [5.74, 6) is 1.82. The summed E-state index contributed by atoms with van der Waals surface area (Å²) in [6, 6.07) is 2.38. The Morgan fingerprint density at radius 3 is 2.88 bits per heavy atom. The van der Waals surface area contributed by atoms with Gasteiger partial charge in [-0.1, -0.05) is 5.92 Å². The third kappa shape index (κ3) is 2.20. The SMILES string of the molecule is C#CCN1C(=O)COc2ccc(N3C(=O)C4=CC(O)=CCN4C3=O)nc21. The predicted molar refractivity (Wildman–Crippen MR) is 89.3 cm³/mol. The van der Waals surface area contributed by atoms with Gasteiger partial charge in [-0.25, -0.2) is 14.7 Å².